The molecule has 4 nitrogen and oxygen atoms in total. The van der Waals surface area contributed by atoms with Crippen LogP contribution in [0, 0.1) is 5.92 Å². The average Bonchev–Trinajstić information content (AvgIpc) is 2.11. The maximum Gasteiger partial charge on any atom is 0.328 e. The number of carbonyl (C=O) groups excluding carboxylic acids is 2. The lowest BCUT2D eigenvalue weighted by Crippen LogP contribution is -2.44. The molecule has 0 aromatic heterocycles. The second kappa shape index (κ2) is 5.56. The Morgan fingerprint density at radius 3 is 2.31 bits per heavy atom. The van der Waals surface area contributed by atoms with Crippen LogP contribution in [0.25, 0.3) is 0 Å². The Hall–Kier alpha value is -1.06. The minimum atomic E-state index is -0.521. The van der Waals surface area contributed by atoms with Gasteiger partial charge in [0.2, 0.25) is 5.91 Å². The van der Waals surface area contributed by atoms with E-state index in [1.165, 1.54) is 14.0 Å². The first kappa shape index (κ1) is 11.9. The summed E-state index contributed by atoms with van der Waals surface area (Å²) in [6.07, 6.45) is 0.819. The van der Waals surface area contributed by atoms with Crippen molar-refractivity contribution in [3.63, 3.8) is 0 Å². The monoisotopic (exact) mass is 187 g/mol. The zero-order chi connectivity index (χ0) is 10.4. The molecule has 0 saturated heterocycles. The predicted molar refractivity (Wildman–Crippen MR) is 49.1 cm³/mol. The molecule has 2 atom stereocenters. The molecule has 0 saturated carbocycles. The van der Waals surface area contributed by atoms with E-state index in [0.717, 1.165) is 6.42 Å². The maximum absolute atomic E-state index is 11.2. The molecular weight excluding hydrogens is 170 g/mol. The van der Waals surface area contributed by atoms with Crippen molar-refractivity contribution in [2.75, 3.05) is 7.11 Å². The van der Waals surface area contributed by atoms with Gasteiger partial charge in [-0.2, -0.15) is 0 Å². The smallest absolute Gasteiger partial charge is 0.328 e. The molecule has 0 radical (unpaired) electrons. The van der Waals surface area contributed by atoms with E-state index < -0.39 is 6.04 Å². The van der Waals surface area contributed by atoms with E-state index >= 15 is 0 Å². The lowest BCUT2D eigenvalue weighted by atomic mass is 9.99. The third kappa shape index (κ3) is 3.92. The van der Waals surface area contributed by atoms with Crippen molar-refractivity contribution in [3.05, 3.63) is 0 Å². The maximum atomic E-state index is 11.2. The van der Waals surface area contributed by atoms with E-state index in [0.29, 0.717) is 0 Å². The summed E-state index contributed by atoms with van der Waals surface area (Å²) in [5.74, 6) is -0.503. The van der Waals surface area contributed by atoms with Crippen LogP contribution in [0.1, 0.15) is 27.2 Å². The van der Waals surface area contributed by atoms with Crippen molar-refractivity contribution >= 4 is 11.9 Å². The van der Waals surface area contributed by atoms with Gasteiger partial charge in [0.05, 0.1) is 7.11 Å². The molecule has 0 bridgehead atoms. The number of rotatable bonds is 4. The fraction of sp³-hybridized carbons (Fsp3) is 0.778. The first-order valence-electron chi connectivity index (χ1n) is 4.37. The second-order valence-electron chi connectivity index (χ2n) is 3.09. The molecule has 0 spiro atoms. The van der Waals surface area contributed by atoms with Crippen LogP contribution in [-0.2, 0) is 14.3 Å². The number of esters is 1. The molecule has 0 rings (SSSR count). The molecule has 0 fully saturated rings. The number of carbonyl (C=O) groups is 2. The molecule has 0 aliphatic heterocycles. The number of hydrogen-bond donors (Lipinski definition) is 1. The van der Waals surface area contributed by atoms with Crippen LogP contribution < -0.4 is 5.32 Å². The highest BCUT2D eigenvalue weighted by Crippen LogP contribution is 2.08. The third-order valence-corrected chi connectivity index (χ3v) is 2.03. The highest BCUT2D eigenvalue weighted by molar-refractivity contribution is 5.83. The Morgan fingerprint density at radius 1 is 1.46 bits per heavy atom. The van der Waals surface area contributed by atoms with Crippen molar-refractivity contribution in [2.24, 2.45) is 5.92 Å². The first-order chi connectivity index (χ1) is 6.02. The molecule has 0 heterocycles. The van der Waals surface area contributed by atoms with E-state index in [4.69, 9.17) is 0 Å². The Labute approximate surface area is 78.6 Å². The van der Waals surface area contributed by atoms with Crippen LogP contribution in [-0.4, -0.2) is 25.0 Å². The molecule has 0 aromatic rings. The van der Waals surface area contributed by atoms with Gasteiger partial charge in [-0.05, 0) is 5.92 Å². The average molecular weight is 187 g/mol. The number of ether oxygens (including phenoxy) is 1. The Morgan fingerprint density at radius 2 is 2.00 bits per heavy atom. The molecule has 1 amide bonds. The Bertz CT molecular complexity index is 191. The zero-order valence-electron chi connectivity index (χ0n) is 8.59. The summed E-state index contributed by atoms with van der Waals surface area (Å²) in [6.45, 7) is 5.25. The lowest BCUT2D eigenvalue weighted by Gasteiger charge is -2.20. The van der Waals surface area contributed by atoms with Gasteiger partial charge in [0, 0.05) is 6.92 Å². The first-order valence-corrected chi connectivity index (χ1v) is 4.37. The molecule has 1 N–H and O–H groups in total. The van der Waals surface area contributed by atoms with Crippen LogP contribution >= 0.6 is 0 Å². The van der Waals surface area contributed by atoms with Crippen LogP contribution in [0.4, 0.5) is 0 Å². The van der Waals surface area contributed by atoms with E-state index in [9.17, 15) is 9.59 Å². The van der Waals surface area contributed by atoms with E-state index in [-0.39, 0.29) is 17.8 Å². The third-order valence-electron chi connectivity index (χ3n) is 2.03. The normalized spacial score (nSPS) is 14.5. The summed E-state index contributed by atoms with van der Waals surface area (Å²) in [4.78, 5) is 22.0. The Kier molecular flexibility index (Phi) is 5.11. The van der Waals surface area contributed by atoms with Gasteiger partial charge in [0.25, 0.3) is 0 Å². The van der Waals surface area contributed by atoms with Gasteiger partial charge in [-0.3, -0.25) is 4.79 Å². The summed E-state index contributed by atoms with van der Waals surface area (Å²) in [6, 6.07) is -0.521. The van der Waals surface area contributed by atoms with Gasteiger partial charge in [0.15, 0.2) is 0 Å². The van der Waals surface area contributed by atoms with Gasteiger partial charge in [-0.25, -0.2) is 4.79 Å². The number of hydrogen-bond acceptors (Lipinski definition) is 3. The largest absolute Gasteiger partial charge is 0.467 e. The van der Waals surface area contributed by atoms with E-state index in [1.807, 2.05) is 13.8 Å². The van der Waals surface area contributed by atoms with Crippen molar-refractivity contribution in [2.45, 2.75) is 33.2 Å². The minimum absolute atomic E-state index is 0.0938. The lowest BCUT2D eigenvalue weighted by molar-refractivity contribution is -0.146. The summed E-state index contributed by atoms with van der Waals surface area (Å²) in [5.41, 5.74) is 0. The fourth-order valence-electron chi connectivity index (χ4n) is 1.02. The quantitative estimate of drug-likeness (QED) is 0.659. The van der Waals surface area contributed by atoms with Crippen LogP contribution in [0.15, 0.2) is 0 Å². The predicted octanol–water partition coefficient (Wildman–Crippen LogP) is 0.710. The topological polar surface area (TPSA) is 55.4 Å². The van der Waals surface area contributed by atoms with Crippen LogP contribution in [0.2, 0.25) is 0 Å². The molecule has 0 aliphatic carbocycles. The summed E-state index contributed by atoms with van der Waals surface area (Å²) in [7, 11) is 1.32. The molecular formula is C9H17NO3. The van der Waals surface area contributed by atoms with Crippen LogP contribution in [0.3, 0.4) is 0 Å². The van der Waals surface area contributed by atoms with Crippen molar-refractivity contribution in [1.82, 2.24) is 5.32 Å². The van der Waals surface area contributed by atoms with Crippen molar-refractivity contribution in [1.29, 1.82) is 0 Å². The van der Waals surface area contributed by atoms with Gasteiger partial charge in [-0.1, -0.05) is 20.3 Å². The minimum Gasteiger partial charge on any atom is -0.467 e. The van der Waals surface area contributed by atoms with Gasteiger partial charge in [-0.15, -0.1) is 0 Å². The van der Waals surface area contributed by atoms with E-state index in [2.05, 4.69) is 10.1 Å². The molecule has 76 valence electrons. The van der Waals surface area contributed by atoms with E-state index in [1.54, 1.807) is 0 Å². The van der Waals surface area contributed by atoms with Crippen LogP contribution in [0.5, 0.6) is 0 Å². The van der Waals surface area contributed by atoms with Crippen molar-refractivity contribution < 1.29 is 14.3 Å². The molecule has 13 heavy (non-hydrogen) atoms. The summed E-state index contributed by atoms with van der Waals surface area (Å²) in [5, 5.41) is 2.57. The zero-order valence-corrected chi connectivity index (χ0v) is 8.59. The standard InChI is InChI=1S/C9H17NO3/c1-5-6(2)8(9(12)13-4)10-7(3)11/h6,8H,5H2,1-4H3,(H,10,11)/t6?,8-/m0/s1. The highest BCUT2D eigenvalue weighted by atomic mass is 16.5. The van der Waals surface area contributed by atoms with Gasteiger partial charge < -0.3 is 10.1 Å². The molecule has 0 aromatic carbocycles. The fourth-order valence-corrected chi connectivity index (χ4v) is 1.02. The summed E-state index contributed by atoms with van der Waals surface area (Å²) < 4.78 is 4.58. The Balaban J connectivity index is 4.35. The summed E-state index contributed by atoms with van der Waals surface area (Å²) >= 11 is 0. The molecule has 0 aliphatic rings. The number of nitrogens with one attached hydrogen (secondary N) is 1. The molecule has 1 unspecified atom stereocenters. The van der Waals surface area contributed by atoms with Gasteiger partial charge in [0.1, 0.15) is 6.04 Å². The molecule has 4 heteroatoms. The SMILES string of the molecule is CCC(C)[C@H](NC(C)=O)C(=O)OC. The van der Waals surface area contributed by atoms with Gasteiger partial charge >= 0.3 is 5.97 Å². The highest BCUT2D eigenvalue weighted by Gasteiger charge is 2.25. The van der Waals surface area contributed by atoms with Crippen molar-refractivity contribution in [3.8, 4) is 0 Å². The number of methoxy groups -OCH3 is 1. The number of amides is 1. The second-order valence-corrected chi connectivity index (χ2v) is 3.09.